The number of hydrogen-bond donors (Lipinski definition) is 1. The van der Waals surface area contributed by atoms with E-state index < -0.39 is 12.2 Å². The Morgan fingerprint density at radius 1 is 1.12 bits per heavy atom. The highest BCUT2D eigenvalue weighted by Crippen LogP contribution is 2.26. The molecule has 0 aliphatic carbocycles. The molecule has 0 bridgehead atoms. The second-order valence-corrected chi connectivity index (χ2v) is 5.81. The molecule has 0 aromatic heterocycles. The number of unbranched alkanes of at least 4 members (excludes halogenated alkanes) is 2. The largest absolute Gasteiger partial charge is 0.497 e. The maximum Gasteiger partial charge on any atom is 0.410 e. The Morgan fingerprint density at radius 2 is 1.75 bits per heavy atom. The average molecular weight is 337 g/mol. The van der Waals surface area contributed by atoms with Crippen LogP contribution >= 0.6 is 0 Å². The minimum atomic E-state index is -0.840. The number of carbonyl (C=O) groups excluding carboxylic acids is 1. The van der Waals surface area contributed by atoms with Crippen molar-refractivity contribution in [3.63, 3.8) is 0 Å². The Labute approximate surface area is 145 Å². The average Bonchev–Trinajstić information content (AvgIpc) is 2.61. The SMILES string of the molecule is CCCCCC(OC(=O)N(CC)CC)C(O)c1ccc(OC)cc1. The molecule has 0 heterocycles. The minimum absolute atomic E-state index is 0.367. The zero-order chi connectivity index (χ0) is 17.9. The molecule has 5 heteroatoms. The van der Waals surface area contributed by atoms with E-state index in [9.17, 15) is 9.90 Å². The van der Waals surface area contributed by atoms with Crippen molar-refractivity contribution in [2.75, 3.05) is 20.2 Å². The van der Waals surface area contributed by atoms with E-state index >= 15 is 0 Å². The van der Waals surface area contributed by atoms with Gasteiger partial charge in [-0.1, -0.05) is 31.9 Å². The summed E-state index contributed by atoms with van der Waals surface area (Å²) in [6.07, 6.45) is 1.94. The van der Waals surface area contributed by atoms with Crippen molar-refractivity contribution in [1.82, 2.24) is 4.90 Å². The molecule has 2 unspecified atom stereocenters. The Bertz CT molecular complexity index is 471. The van der Waals surface area contributed by atoms with Gasteiger partial charge >= 0.3 is 6.09 Å². The fraction of sp³-hybridized carbons (Fsp3) is 0.632. The monoisotopic (exact) mass is 337 g/mol. The molecule has 5 nitrogen and oxygen atoms in total. The van der Waals surface area contributed by atoms with E-state index in [-0.39, 0.29) is 6.09 Å². The summed E-state index contributed by atoms with van der Waals surface area (Å²) in [5.41, 5.74) is 0.727. The number of ether oxygens (including phenoxy) is 2. The van der Waals surface area contributed by atoms with E-state index in [2.05, 4.69) is 6.92 Å². The number of amides is 1. The van der Waals surface area contributed by atoms with E-state index in [1.54, 1.807) is 24.1 Å². The Balaban J connectivity index is 2.83. The highest BCUT2D eigenvalue weighted by Gasteiger charge is 2.26. The maximum absolute atomic E-state index is 12.3. The summed E-state index contributed by atoms with van der Waals surface area (Å²) >= 11 is 0. The predicted molar refractivity (Wildman–Crippen MR) is 95.3 cm³/mol. The van der Waals surface area contributed by atoms with Crippen molar-refractivity contribution >= 4 is 6.09 Å². The first kappa shape index (κ1) is 20.3. The number of aliphatic hydroxyl groups excluding tert-OH is 1. The van der Waals surface area contributed by atoms with Crippen LogP contribution in [-0.2, 0) is 4.74 Å². The van der Waals surface area contributed by atoms with Gasteiger partial charge in [-0.25, -0.2) is 4.79 Å². The van der Waals surface area contributed by atoms with Crippen LogP contribution in [-0.4, -0.2) is 42.4 Å². The molecular formula is C19H31NO4. The molecule has 0 spiro atoms. The number of rotatable bonds is 10. The van der Waals surface area contributed by atoms with Gasteiger partial charge in [-0.05, 0) is 44.4 Å². The van der Waals surface area contributed by atoms with Gasteiger partial charge in [0.25, 0.3) is 0 Å². The van der Waals surface area contributed by atoms with Gasteiger partial charge in [0, 0.05) is 13.1 Å². The molecule has 136 valence electrons. The third kappa shape index (κ3) is 6.04. The van der Waals surface area contributed by atoms with Crippen LogP contribution in [0, 0.1) is 0 Å². The van der Waals surface area contributed by atoms with Gasteiger partial charge in [-0.2, -0.15) is 0 Å². The minimum Gasteiger partial charge on any atom is -0.497 e. The van der Waals surface area contributed by atoms with Crippen molar-refractivity contribution in [1.29, 1.82) is 0 Å². The highest BCUT2D eigenvalue weighted by atomic mass is 16.6. The van der Waals surface area contributed by atoms with Crippen molar-refractivity contribution in [2.45, 2.75) is 58.7 Å². The summed E-state index contributed by atoms with van der Waals surface area (Å²) in [6.45, 7) is 7.13. The molecule has 24 heavy (non-hydrogen) atoms. The lowest BCUT2D eigenvalue weighted by atomic mass is 9.99. The van der Waals surface area contributed by atoms with Crippen molar-refractivity contribution in [2.24, 2.45) is 0 Å². The third-order valence-electron chi connectivity index (χ3n) is 4.18. The lowest BCUT2D eigenvalue weighted by Crippen LogP contribution is -2.36. The van der Waals surface area contributed by atoms with Crippen LogP contribution in [0.2, 0.25) is 0 Å². The Hall–Kier alpha value is -1.75. The first-order valence-corrected chi connectivity index (χ1v) is 8.84. The van der Waals surface area contributed by atoms with Gasteiger partial charge in [0.15, 0.2) is 0 Å². The summed E-state index contributed by atoms with van der Waals surface area (Å²) in [5, 5.41) is 10.7. The van der Waals surface area contributed by atoms with Crippen LogP contribution in [0.5, 0.6) is 5.75 Å². The second-order valence-electron chi connectivity index (χ2n) is 5.81. The topological polar surface area (TPSA) is 59.0 Å². The second kappa shape index (κ2) is 10.9. The first-order chi connectivity index (χ1) is 11.6. The summed E-state index contributed by atoms with van der Waals surface area (Å²) in [5.74, 6) is 0.730. The zero-order valence-corrected chi connectivity index (χ0v) is 15.3. The third-order valence-corrected chi connectivity index (χ3v) is 4.18. The number of aliphatic hydroxyl groups is 1. The molecule has 0 fully saturated rings. The van der Waals surface area contributed by atoms with Crippen molar-refractivity contribution in [3.05, 3.63) is 29.8 Å². The van der Waals surface area contributed by atoms with E-state index in [0.717, 1.165) is 30.6 Å². The highest BCUT2D eigenvalue weighted by molar-refractivity contribution is 5.67. The van der Waals surface area contributed by atoms with Crippen LogP contribution in [0.15, 0.2) is 24.3 Å². The van der Waals surface area contributed by atoms with Crippen molar-refractivity contribution < 1.29 is 19.4 Å². The number of methoxy groups -OCH3 is 1. The standard InChI is InChI=1S/C19H31NO4/c1-5-8-9-10-17(24-19(22)20(6-2)7-3)18(21)15-11-13-16(23-4)14-12-15/h11-14,17-18,21H,5-10H2,1-4H3. The van der Waals surface area contributed by atoms with E-state index in [4.69, 9.17) is 9.47 Å². The fourth-order valence-electron chi connectivity index (χ4n) is 2.58. The van der Waals surface area contributed by atoms with E-state index in [1.807, 2.05) is 26.0 Å². The molecule has 0 aliphatic rings. The van der Waals surface area contributed by atoms with Gasteiger partial charge in [-0.3, -0.25) is 0 Å². The van der Waals surface area contributed by atoms with Crippen LogP contribution < -0.4 is 4.74 Å². The van der Waals surface area contributed by atoms with Gasteiger partial charge < -0.3 is 19.5 Å². The van der Waals surface area contributed by atoms with Gasteiger partial charge in [0.2, 0.25) is 0 Å². The molecule has 1 rings (SSSR count). The molecular weight excluding hydrogens is 306 g/mol. The smallest absolute Gasteiger partial charge is 0.410 e. The molecule has 0 radical (unpaired) electrons. The van der Waals surface area contributed by atoms with Gasteiger partial charge in [0.1, 0.15) is 18.0 Å². The van der Waals surface area contributed by atoms with Crippen LogP contribution in [0.1, 0.15) is 58.1 Å². The van der Waals surface area contributed by atoms with E-state index in [1.165, 1.54) is 0 Å². The predicted octanol–water partition coefficient (Wildman–Crippen LogP) is 4.16. The normalized spacial score (nSPS) is 13.2. The fourth-order valence-corrected chi connectivity index (χ4v) is 2.58. The number of carbonyl (C=O) groups is 1. The van der Waals surface area contributed by atoms with Crippen LogP contribution in [0.4, 0.5) is 4.79 Å². The zero-order valence-electron chi connectivity index (χ0n) is 15.3. The number of nitrogens with zero attached hydrogens (tertiary/aromatic N) is 1. The maximum atomic E-state index is 12.3. The summed E-state index contributed by atoms with van der Waals surface area (Å²) in [6, 6.07) is 7.21. The summed E-state index contributed by atoms with van der Waals surface area (Å²) in [7, 11) is 1.60. The van der Waals surface area contributed by atoms with Gasteiger partial charge in [-0.15, -0.1) is 0 Å². The summed E-state index contributed by atoms with van der Waals surface area (Å²) < 4.78 is 10.8. The van der Waals surface area contributed by atoms with Crippen LogP contribution in [0.3, 0.4) is 0 Å². The lowest BCUT2D eigenvalue weighted by molar-refractivity contribution is -0.0171. The molecule has 0 aliphatic heterocycles. The van der Waals surface area contributed by atoms with Crippen LogP contribution in [0.25, 0.3) is 0 Å². The van der Waals surface area contributed by atoms with Gasteiger partial charge in [0.05, 0.1) is 7.11 Å². The Morgan fingerprint density at radius 3 is 2.25 bits per heavy atom. The number of benzene rings is 1. The molecule has 0 saturated carbocycles. The number of hydrogen-bond acceptors (Lipinski definition) is 4. The molecule has 1 aromatic rings. The molecule has 0 saturated heterocycles. The summed E-state index contributed by atoms with van der Waals surface area (Å²) in [4.78, 5) is 13.9. The molecule has 1 aromatic carbocycles. The van der Waals surface area contributed by atoms with Crippen molar-refractivity contribution in [3.8, 4) is 5.75 Å². The molecule has 1 N–H and O–H groups in total. The Kier molecular flexibility index (Phi) is 9.23. The lowest BCUT2D eigenvalue weighted by Gasteiger charge is -2.27. The van der Waals surface area contributed by atoms with E-state index in [0.29, 0.717) is 19.5 Å². The first-order valence-electron chi connectivity index (χ1n) is 8.84. The molecule has 2 atom stereocenters. The molecule has 1 amide bonds. The quantitative estimate of drug-likeness (QED) is 0.651.